The van der Waals surface area contributed by atoms with E-state index in [4.69, 9.17) is 14.2 Å². The lowest BCUT2D eigenvalue weighted by atomic mass is 10.0. The maximum absolute atomic E-state index is 12.9. The Bertz CT molecular complexity index is 1860. The summed E-state index contributed by atoms with van der Waals surface area (Å²) in [5, 5.41) is 0. The second kappa shape index (κ2) is 67.3. The van der Waals surface area contributed by atoms with Gasteiger partial charge in [0, 0.05) is 19.3 Å². The van der Waals surface area contributed by atoms with Gasteiger partial charge < -0.3 is 14.2 Å². The monoisotopic (exact) mass is 1110 g/mol. The number of carbonyl (C=O) groups excluding carboxylic acids is 3. The molecule has 0 aliphatic carbocycles. The van der Waals surface area contributed by atoms with E-state index in [1.54, 1.807) is 0 Å². The highest BCUT2D eigenvalue weighted by Gasteiger charge is 2.19. The molecule has 1 unspecified atom stereocenters. The molecule has 0 saturated carbocycles. The molecule has 6 heteroatoms. The SMILES string of the molecule is CC/C=C\C/C=C\C/C=C\C/C=C\C/C=C\C/C=C\CCCCCCCCCCCCCCCCC(=O)OCC(COC(=O)CCCCC/C=C\C/C=C\C/C=C\CC)OC(=O)CCC/C=C\C/C=C\C/C=C\C/C=C\C/C=C\CC. The van der Waals surface area contributed by atoms with Crippen LogP contribution in [0.5, 0.6) is 0 Å². The van der Waals surface area contributed by atoms with Gasteiger partial charge in [0.05, 0.1) is 0 Å². The van der Waals surface area contributed by atoms with Crippen LogP contribution < -0.4 is 0 Å². The van der Waals surface area contributed by atoms with Gasteiger partial charge in [0.15, 0.2) is 6.10 Å². The Kier molecular flexibility index (Phi) is 62.9. The number of unbranched alkanes of at least 4 members (excludes halogenated alkanes) is 18. The Labute approximate surface area is 498 Å². The van der Waals surface area contributed by atoms with Gasteiger partial charge in [0.2, 0.25) is 0 Å². The lowest BCUT2D eigenvalue weighted by Crippen LogP contribution is -2.30. The summed E-state index contributed by atoms with van der Waals surface area (Å²) in [5.74, 6) is -1.01. The lowest BCUT2D eigenvalue weighted by Gasteiger charge is -2.18. The fourth-order valence-electron chi connectivity index (χ4n) is 8.44. The van der Waals surface area contributed by atoms with Crippen molar-refractivity contribution in [3.8, 4) is 0 Å². The Hall–Kier alpha value is -5.23. The Balaban J connectivity index is 4.30. The van der Waals surface area contributed by atoms with Gasteiger partial charge in [0.25, 0.3) is 0 Å². The molecule has 81 heavy (non-hydrogen) atoms. The summed E-state index contributed by atoms with van der Waals surface area (Å²) in [6, 6.07) is 0. The standard InChI is InChI=1S/C75H118O6/c1-4-7-10-13-16-19-22-25-27-29-30-31-32-33-34-35-36-37-38-39-40-41-42-43-44-46-47-50-53-56-59-62-65-68-74(77)80-71-72(70-79-73(76)67-64-61-58-55-52-49-24-21-18-15-12-9-6-3)81-75(78)69-66-63-60-57-54-51-48-45-28-26-23-20-17-14-11-8-5-2/h7-12,16-21,25-28,30-31,33-34,36-37,48-49,51-52,57,60,72H,4-6,13-15,22-24,29,32,35,38-47,50,53-56,58-59,61-71H2,1-3H3/b10-7-,11-8-,12-9-,19-16-,20-17-,21-18-,27-25-,28-26-,31-30-,34-33-,37-36-,51-48-,52-49-,60-57-. The van der Waals surface area contributed by atoms with Crippen LogP contribution in [0.25, 0.3) is 0 Å². The molecule has 0 fully saturated rings. The van der Waals surface area contributed by atoms with Crippen LogP contribution in [0, 0.1) is 0 Å². The van der Waals surface area contributed by atoms with E-state index >= 15 is 0 Å². The van der Waals surface area contributed by atoms with Gasteiger partial charge in [-0.15, -0.1) is 0 Å². The maximum Gasteiger partial charge on any atom is 0.306 e. The molecule has 0 aliphatic rings. The van der Waals surface area contributed by atoms with Crippen LogP contribution in [0.15, 0.2) is 170 Å². The molecule has 0 aliphatic heterocycles. The highest BCUT2D eigenvalue weighted by atomic mass is 16.6. The van der Waals surface area contributed by atoms with Gasteiger partial charge in [-0.25, -0.2) is 0 Å². The number of rotatable bonds is 57. The molecule has 0 amide bonds. The van der Waals surface area contributed by atoms with E-state index < -0.39 is 6.10 Å². The maximum atomic E-state index is 12.9. The minimum atomic E-state index is -0.828. The molecule has 0 radical (unpaired) electrons. The zero-order valence-electron chi connectivity index (χ0n) is 52.0. The molecular weight excluding hydrogens is 997 g/mol. The summed E-state index contributed by atoms with van der Waals surface area (Å²) in [5.41, 5.74) is 0. The quantitative estimate of drug-likeness (QED) is 0.0261. The Morgan fingerprint density at radius 2 is 0.457 bits per heavy atom. The van der Waals surface area contributed by atoms with E-state index in [1.807, 2.05) is 0 Å². The normalized spacial score (nSPS) is 13.3. The summed E-state index contributed by atoms with van der Waals surface area (Å²) >= 11 is 0. The van der Waals surface area contributed by atoms with E-state index in [0.717, 1.165) is 141 Å². The van der Waals surface area contributed by atoms with Crippen molar-refractivity contribution in [1.29, 1.82) is 0 Å². The molecule has 0 saturated heterocycles. The van der Waals surface area contributed by atoms with E-state index in [-0.39, 0.29) is 37.5 Å². The predicted octanol–water partition coefficient (Wildman–Crippen LogP) is 22.7. The van der Waals surface area contributed by atoms with Crippen LogP contribution >= 0.6 is 0 Å². The Morgan fingerprint density at radius 3 is 0.741 bits per heavy atom. The first kappa shape index (κ1) is 75.8. The third kappa shape index (κ3) is 65.5. The van der Waals surface area contributed by atoms with Gasteiger partial charge in [-0.1, -0.05) is 274 Å². The molecular formula is C75H118O6. The van der Waals surface area contributed by atoms with Crippen LogP contribution in [0.3, 0.4) is 0 Å². The van der Waals surface area contributed by atoms with Crippen molar-refractivity contribution < 1.29 is 28.6 Å². The van der Waals surface area contributed by atoms with Gasteiger partial charge >= 0.3 is 17.9 Å². The highest BCUT2D eigenvalue weighted by Crippen LogP contribution is 2.15. The fourth-order valence-corrected chi connectivity index (χ4v) is 8.44. The highest BCUT2D eigenvalue weighted by molar-refractivity contribution is 5.71. The van der Waals surface area contributed by atoms with E-state index in [1.165, 1.54) is 77.0 Å². The molecule has 6 nitrogen and oxygen atoms in total. The molecule has 454 valence electrons. The van der Waals surface area contributed by atoms with Crippen LogP contribution in [0.4, 0.5) is 0 Å². The van der Waals surface area contributed by atoms with Gasteiger partial charge in [-0.3, -0.25) is 14.4 Å². The summed E-state index contributed by atoms with van der Waals surface area (Å²) < 4.78 is 16.8. The number of hydrogen-bond donors (Lipinski definition) is 0. The fraction of sp³-hybridized carbons (Fsp3) is 0.587. The first-order valence-corrected chi connectivity index (χ1v) is 32.6. The summed E-state index contributed by atoms with van der Waals surface area (Å²) in [7, 11) is 0. The number of ether oxygens (including phenoxy) is 3. The average Bonchev–Trinajstić information content (AvgIpc) is 3.46. The zero-order chi connectivity index (χ0) is 58.5. The van der Waals surface area contributed by atoms with Gasteiger partial charge in [-0.2, -0.15) is 0 Å². The lowest BCUT2D eigenvalue weighted by molar-refractivity contribution is -0.167. The van der Waals surface area contributed by atoms with Gasteiger partial charge in [0.1, 0.15) is 13.2 Å². The molecule has 1 atom stereocenters. The smallest absolute Gasteiger partial charge is 0.306 e. The second-order valence-corrected chi connectivity index (χ2v) is 20.9. The van der Waals surface area contributed by atoms with Crippen molar-refractivity contribution >= 4 is 17.9 Å². The van der Waals surface area contributed by atoms with Crippen LogP contribution in [0.1, 0.15) is 265 Å². The number of carbonyl (C=O) groups is 3. The average molecular weight is 1120 g/mol. The molecule has 0 aromatic rings. The van der Waals surface area contributed by atoms with Crippen molar-refractivity contribution in [2.75, 3.05) is 13.2 Å². The van der Waals surface area contributed by atoms with Crippen molar-refractivity contribution in [1.82, 2.24) is 0 Å². The minimum absolute atomic E-state index is 0.116. The van der Waals surface area contributed by atoms with Crippen molar-refractivity contribution in [2.24, 2.45) is 0 Å². The van der Waals surface area contributed by atoms with Crippen LogP contribution in [0.2, 0.25) is 0 Å². The van der Waals surface area contributed by atoms with Crippen molar-refractivity contribution in [2.45, 2.75) is 271 Å². The van der Waals surface area contributed by atoms with E-state index in [2.05, 4.69) is 191 Å². The van der Waals surface area contributed by atoms with Crippen LogP contribution in [-0.4, -0.2) is 37.2 Å². The third-order valence-electron chi connectivity index (χ3n) is 13.2. The van der Waals surface area contributed by atoms with E-state index in [0.29, 0.717) is 19.3 Å². The van der Waals surface area contributed by atoms with Crippen LogP contribution in [-0.2, 0) is 28.6 Å². The molecule has 0 aromatic heterocycles. The summed E-state index contributed by atoms with van der Waals surface area (Å²) in [6.07, 6.45) is 99.6. The van der Waals surface area contributed by atoms with Crippen molar-refractivity contribution in [3.63, 3.8) is 0 Å². The molecule has 0 heterocycles. The first-order valence-electron chi connectivity index (χ1n) is 32.6. The third-order valence-corrected chi connectivity index (χ3v) is 13.2. The largest absolute Gasteiger partial charge is 0.462 e. The van der Waals surface area contributed by atoms with E-state index in [9.17, 15) is 14.4 Å². The topological polar surface area (TPSA) is 78.9 Å². The number of esters is 3. The molecule has 0 aromatic carbocycles. The summed E-state index contributed by atoms with van der Waals surface area (Å²) in [6.45, 7) is 6.22. The number of allylic oxidation sites excluding steroid dienone is 28. The van der Waals surface area contributed by atoms with Gasteiger partial charge in [-0.05, 0) is 141 Å². The minimum Gasteiger partial charge on any atom is -0.462 e. The molecule has 0 spiro atoms. The Morgan fingerprint density at radius 1 is 0.247 bits per heavy atom. The first-order chi connectivity index (χ1) is 40.0. The second-order valence-electron chi connectivity index (χ2n) is 20.9. The molecule has 0 N–H and O–H groups in total. The molecule has 0 bridgehead atoms. The zero-order valence-corrected chi connectivity index (χ0v) is 52.0. The van der Waals surface area contributed by atoms with Crippen molar-refractivity contribution in [3.05, 3.63) is 170 Å². The predicted molar refractivity (Wildman–Crippen MR) is 352 cm³/mol. The summed E-state index contributed by atoms with van der Waals surface area (Å²) in [4.78, 5) is 38.2. The molecule has 0 rings (SSSR count). The number of hydrogen-bond acceptors (Lipinski definition) is 6.